The van der Waals surface area contributed by atoms with Gasteiger partial charge in [0.15, 0.2) is 0 Å². The monoisotopic (exact) mass is 346 g/mol. The van der Waals surface area contributed by atoms with Crippen molar-refractivity contribution >= 4 is 28.9 Å². The zero-order chi connectivity index (χ0) is 16.9. The number of aromatic carboxylic acids is 1. The van der Waals surface area contributed by atoms with E-state index in [9.17, 15) is 9.59 Å². The minimum Gasteiger partial charge on any atom is -0.478 e. The van der Waals surface area contributed by atoms with Gasteiger partial charge in [-0.2, -0.15) is 0 Å². The minimum absolute atomic E-state index is 0.131. The van der Waals surface area contributed by atoms with E-state index in [-0.39, 0.29) is 11.5 Å². The second-order valence-corrected chi connectivity index (χ2v) is 6.42. The fourth-order valence-corrected chi connectivity index (χ4v) is 3.31. The van der Waals surface area contributed by atoms with Gasteiger partial charge in [-0.05, 0) is 17.7 Å². The number of carbonyl (C=O) groups is 2. The summed E-state index contributed by atoms with van der Waals surface area (Å²) < 4.78 is 5.35. The quantitative estimate of drug-likeness (QED) is 0.870. The van der Waals surface area contributed by atoms with Crippen LogP contribution in [0.3, 0.4) is 0 Å². The highest BCUT2D eigenvalue weighted by Crippen LogP contribution is 2.21. The van der Waals surface area contributed by atoms with Crippen molar-refractivity contribution in [2.24, 2.45) is 0 Å². The Labute approximate surface area is 143 Å². The summed E-state index contributed by atoms with van der Waals surface area (Å²) in [6.07, 6.45) is 0. The van der Waals surface area contributed by atoms with Crippen LogP contribution in [0.2, 0.25) is 0 Å². The van der Waals surface area contributed by atoms with E-state index in [2.05, 4.69) is 10.2 Å². The molecule has 1 amide bonds. The van der Waals surface area contributed by atoms with Gasteiger partial charge < -0.3 is 15.2 Å². The van der Waals surface area contributed by atoms with E-state index >= 15 is 0 Å². The Kier molecular flexibility index (Phi) is 5.24. The molecule has 3 rings (SSSR count). The molecule has 0 atom stereocenters. The Hall–Kier alpha value is -2.22. The van der Waals surface area contributed by atoms with Gasteiger partial charge in [-0.1, -0.05) is 18.2 Å². The second kappa shape index (κ2) is 7.57. The number of anilines is 1. The maximum absolute atomic E-state index is 12.4. The van der Waals surface area contributed by atoms with Gasteiger partial charge in [-0.3, -0.25) is 9.69 Å². The van der Waals surface area contributed by atoms with Crippen LogP contribution in [0.1, 0.15) is 25.6 Å². The van der Waals surface area contributed by atoms with Crippen LogP contribution >= 0.6 is 11.3 Å². The maximum Gasteiger partial charge on any atom is 0.336 e. The topological polar surface area (TPSA) is 78.9 Å². The first-order valence-electron chi connectivity index (χ1n) is 7.64. The van der Waals surface area contributed by atoms with Crippen LogP contribution in [0, 0.1) is 0 Å². The molecular weight excluding hydrogens is 328 g/mol. The van der Waals surface area contributed by atoms with E-state index in [1.165, 1.54) is 11.4 Å². The van der Waals surface area contributed by atoms with Crippen LogP contribution < -0.4 is 5.32 Å². The number of carboxylic acid groups (broad SMARTS) is 1. The first-order valence-corrected chi connectivity index (χ1v) is 8.52. The van der Waals surface area contributed by atoms with E-state index in [1.807, 2.05) is 24.3 Å². The molecule has 1 aliphatic rings. The van der Waals surface area contributed by atoms with Crippen molar-refractivity contribution in [3.63, 3.8) is 0 Å². The van der Waals surface area contributed by atoms with Gasteiger partial charge in [0.05, 0.1) is 23.7 Å². The standard InChI is InChI=1S/C17H18N2O4S/c20-16(15-9-13(11-24-15)17(21)22)18-14-4-2-1-3-12(14)10-19-5-7-23-8-6-19/h1-4,9,11H,5-8,10H2,(H,18,20)(H,21,22). The van der Waals surface area contributed by atoms with Gasteiger partial charge in [0.2, 0.25) is 0 Å². The van der Waals surface area contributed by atoms with Crippen LogP contribution in [0.15, 0.2) is 35.7 Å². The number of benzene rings is 1. The lowest BCUT2D eigenvalue weighted by Crippen LogP contribution is -2.35. The number of carboxylic acids is 1. The highest BCUT2D eigenvalue weighted by atomic mass is 32.1. The third kappa shape index (κ3) is 4.00. The molecule has 2 aromatic rings. The SMILES string of the molecule is O=C(O)c1csc(C(=O)Nc2ccccc2CN2CCOCC2)c1. The zero-order valence-corrected chi connectivity index (χ0v) is 13.8. The molecule has 0 bridgehead atoms. The molecule has 0 spiro atoms. The van der Waals surface area contributed by atoms with E-state index in [1.54, 1.807) is 0 Å². The molecule has 0 aliphatic carbocycles. The number of morpholine rings is 1. The van der Waals surface area contributed by atoms with Crippen molar-refractivity contribution < 1.29 is 19.4 Å². The molecule has 1 fully saturated rings. The molecule has 1 aromatic carbocycles. The summed E-state index contributed by atoms with van der Waals surface area (Å²) in [7, 11) is 0. The van der Waals surface area contributed by atoms with Crippen molar-refractivity contribution in [1.29, 1.82) is 0 Å². The summed E-state index contributed by atoms with van der Waals surface area (Å²) >= 11 is 1.13. The molecule has 1 aliphatic heterocycles. The molecule has 2 N–H and O–H groups in total. The van der Waals surface area contributed by atoms with Crippen LogP contribution in [0.5, 0.6) is 0 Å². The molecule has 2 heterocycles. The van der Waals surface area contributed by atoms with E-state index in [4.69, 9.17) is 9.84 Å². The van der Waals surface area contributed by atoms with Gasteiger partial charge in [0, 0.05) is 30.7 Å². The molecule has 7 heteroatoms. The number of ether oxygens (including phenoxy) is 1. The van der Waals surface area contributed by atoms with E-state index in [0.717, 1.165) is 55.4 Å². The number of nitrogens with one attached hydrogen (secondary N) is 1. The third-order valence-electron chi connectivity index (χ3n) is 3.83. The number of para-hydroxylation sites is 1. The average molecular weight is 346 g/mol. The van der Waals surface area contributed by atoms with Crippen LogP contribution in [0.25, 0.3) is 0 Å². The number of rotatable bonds is 5. The predicted octanol–water partition coefficient (Wildman–Crippen LogP) is 2.53. The van der Waals surface area contributed by atoms with Crippen molar-refractivity contribution in [2.75, 3.05) is 31.6 Å². The average Bonchev–Trinajstić information content (AvgIpc) is 3.08. The number of amides is 1. The summed E-state index contributed by atoms with van der Waals surface area (Å²) in [5.41, 5.74) is 1.91. The van der Waals surface area contributed by atoms with Crippen molar-refractivity contribution in [3.8, 4) is 0 Å². The van der Waals surface area contributed by atoms with Crippen molar-refractivity contribution in [2.45, 2.75) is 6.54 Å². The van der Waals surface area contributed by atoms with Crippen LogP contribution in [0.4, 0.5) is 5.69 Å². The Balaban J connectivity index is 1.71. The van der Waals surface area contributed by atoms with E-state index in [0.29, 0.717) is 4.88 Å². The molecular formula is C17H18N2O4S. The first-order chi connectivity index (χ1) is 11.6. The Morgan fingerprint density at radius 2 is 2.00 bits per heavy atom. The smallest absolute Gasteiger partial charge is 0.336 e. The fourth-order valence-electron chi connectivity index (χ4n) is 2.53. The molecule has 126 valence electrons. The number of thiophene rings is 1. The van der Waals surface area contributed by atoms with Gasteiger partial charge in [-0.25, -0.2) is 4.79 Å². The lowest BCUT2D eigenvalue weighted by atomic mass is 10.1. The lowest BCUT2D eigenvalue weighted by molar-refractivity contribution is 0.0342. The highest BCUT2D eigenvalue weighted by molar-refractivity contribution is 7.12. The summed E-state index contributed by atoms with van der Waals surface area (Å²) in [6, 6.07) is 9.06. The Bertz CT molecular complexity index is 738. The normalized spacial score (nSPS) is 15.2. The molecule has 24 heavy (non-hydrogen) atoms. The summed E-state index contributed by atoms with van der Waals surface area (Å²) in [6.45, 7) is 3.93. The van der Waals surface area contributed by atoms with Crippen molar-refractivity contribution in [1.82, 2.24) is 4.90 Å². The number of nitrogens with zero attached hydrogens (tertiary/aromatic N) is 1. The highest BCUT2D eigenvalue weighted by Gasteiger charge is 2.16. The van der Waals surface area contributed by atoms with Gasteiger partial charge in [0.25, 0.3) is 5.91 Å². The van der Waals surface area contributed by atoms with Gasteiger partial charge in [-0.15, -0.1) is 11.3 Å². The second-order valence-electron chi connectivity index (χ2n) is 5.50. The largest absolute Gasteiger partial charge is 0.478 e. The molecule has 0 unspecified atom stereocenters. The third-order valence-corrected chi connectivity index (χ3v) is 4.76. The Morgan fingerprint density at radius 1 is 1.25 bits per heavy atom. The fraction of sp³-hybridized carbons (Fsp3) is 0.294. The molecule has 0 radical (unpaired) electrons. The number of carbonyl (C=O) groups excluding carboxylic acids is 1. The van der Waals surface area contributed by atoms with Crippen LogP contribution in [-0.4, -0.2) is 48.2 Å². The molecule has 6 nitrogen and oxygen atoms in total. The summed E-state index contributed by atoms with van der Waals surface area (Å²) in [5.74, 6) is -1.32. The molecule has 1 aromatic heterocycles. The summed E-state index contributed by atoms with van der Waals surface area (Å²) in [5, 5.41) is 13.3. The Morgan fingerprint density at radius 3 is 2.71 bits per heavy atom. The lowest BCUT2D eigenvalue weighted by Gasteiger charge is -2.27. The maximum atomic E-state index is 12.4. The van der Waals surface area contributed by atoms with Gasteiger partial charge in [0.1, 0.15) is 0 Å². The number of hydrogen-bond acceptors (Lipinski definition) is 5. The zero-order valence-electron chi connectivity index (χ0n) is 13.0. The van der Waals surface area contributed by atoms with E-state index < -0.39 is 5.97 Å². The van der Waals surface area contributed by atoms with Gasteiger partial charge >= 0.3 is 5.97 Å². The molecule has 0 saturated carbocycles. The minimum atomic E-state index is -1.03. The predicted molar refractivity (Wildman–Crippen MR) is 91.8 cm³/mol. The van der Waals surface area contributed by atoms with Crippen LogP contribution in [-0.2, 0) is 11.3 Å². The van der Waals surface area contributed by atoms with Crippen molar-refractivity contribution in [3.05, 3.63) is 51.7 Å². The summed E-state index contributed by atoms with van der Waals surface area (Å²) in [4.78, 5) is 26.0. The first kappa shape index (κ1) is 16.6. The number of hydrogen-bond donors (Lipinski definition) is 2. The molecule has 1 saturated heterocycles.